The van der Waals surface area contributed by atoms with Gasteiger partial charge in [0.15, 0.2) is 5.96 Å². The highest BCUT2D eigenvalue weighted by atomic mass is 32.2. The van der Waals surface area contributed by atoms with E-state index in [0.717, 1.165) is 28.8 Å². The molecule has 2 saturated heterocycles. The summed E-state index contributed by atoms with van der Waals surface area (Å²) >= 11 is 1.53. The summed E-state index contributed by atoms with van der Waals surface area (Å²) in [7, 11) is -1.61. The quantitative estimate of drug-likeness (QED) is 0.639. The summed E-state index contributed by atoms with van der Waals surface area (Å²) in [5.41, 5.74) is 1.69. The van der Waals surface area contributed by atoms with E-state index in [2.05, 4.69) is 11.4 Å². The summed E-state index contributed by atoms with van der Waals surface area (Å²) in [6, 6.07) is 11.6. The van der Waals surface area contributed by atoms with Crippen molar-refractivity contribution in [2.45, 2.75) is 43.4 Å². The molecule has 35 heavy (non-hydrogen) atoms. The highest BCUT2D eigenvalue weighted by molar-refractivity contribution is 7.90. The van der Waals surface area contributed by atoms with E-state index in [1.807, 2.05) is 36.6 Å². The number of hydrogen-bond donors (Lipinski definition) is 2. The van der Waals surface area contributed by atoms with Crippen molar-refractivity contribution in [3.8, 4) is 17.2 Å². The molecule has 1 saturated carbocycles. The van der Waals surface area contributed by atoms with Crippen molar-refractivity contribution < 1.29 is 13.2 Å². The molecule has 1 amide bonds. The predicted octanol–water partition coefficient (Wildman–Crippen LogP) is 3.32. The molecule has 2 N–H and O–H groups in total. The van der Waals surface area contributed by atoms with Gasteiger partial charge in [0.1, 0.15) is 0 Å². The third kappa shape index (κ3) is 4.15. The maximum absolute atomic E-state index is 13.6. The average molecular weight is 512 g/mol. The second-order valence-electron chi connectivity index (χ2n) is 9.92. The molecule has 184 valence electrons. The zero-order valence-electron chi connectivity index (χ0n) is 19.8. The van der Waals surface area contributed by atoms with Crippen molar-refractivity contribution in [3.63, 3.8) is 0 Å². The van der Waals surface area contributed by atoms with Crippen LogP contribution in [0, 0.1) is 28.6 Å². The average Bonchev–Trinajstić information content (AvgIpc) is 3.60. The van der Waals surface area contributed by atoms with E-state index in [4.69, 9.17) is 5.41 Å². The Kier molecular flexibility index (Phi) is 5.98. The minimum absolute atomic E-state index is 0.00586. The van der Waals surface area contributed by atoms with E-state index in [9.17, 15) is 18.5 Å². The summed E-state index contributed by atoms with van der Waals surface area (Å²) in [6.07, 6.45) is 2.72. The van der Waals surface area contributed by atoms with E-state index < -0.39 is 21.5 Å². The molecule has 3 aliphatic rings. The molecule has 2 atom stereocenters. The Bertz CT molecular complexity index is 1320. The number of hydrogen-bond acceptors (Lipinski definition) is 6. The smallest absolute Gasteiger partial charge is 0.235 e. The number of nitrogens with one attached hydrogen (secondary N) is 2. The predicted molar refractivity (Wildman–Crippen MR) is 135 cm³/mol. The maximum atomic E-state index is 13.6. The molecular weight excluding hydrogens is 482 g/mol. The van der Waals surface area contributed by atoms with Crippen LogP contribution in [0.25, 0.3) is 11.1 Å². The number of guanidine groups is 1. The van der Waals surface area contributed by atoms with Crippen molar-refractivity contribution >= 4 is 33.2 Å². The zero-order valence-corrected chi connectivity index (χ0v) is 21.5. The van der Waals surface area contributed by atoms with Crippen LogP contribution in [0.15, 0.2) is 35.7 Å². The highest BCUT2D eigenvalue weighted by Crippen LogP contribution is 2.45. The van der Waals surface area contributed by atoms with Gasteiger partial charge in [-0.3, -0.25) is 15.1 Å². The minimum atomic E-state index is -3.22. The second kappa shape index (κ2) is 8.73. The SMILES string of the molecule is CN1C(=N)N[C@](C)(c2cc(-c3cccc(C#N)c3)cs2)[C@H](C2CCN(S(=O)(=O)C3CC3)CC2)C1=O. The number of sulfonamides is 1. The van der Waals surface area contributed by atoms with E-state index in [0.29, 0.717) is 31.5 Å². The van der Waals surface area contributed by atoms with Gasteiger partial charge < -0.3 is 5.32 Å². The summed E-state index contributed by atoms with van der Waals surface area (Å²) in [5, 5.41) is 22.8. The maximum Gasteiger partial charge on any atom is 0.235 e. The molecular formula is C25H29N5O3S2. The van der Waals surface area contributed by atoms with Gasteiger partial charge in [-0.25, -0.2) is 12.7 Å². The van der Waals surface area contributed by atoms with Crippen molar-refractivity contribution in [3.05, 3.63) is 46.2 Å². The normalized spacial score (nSPS) is 26.4. The van der Waals surface area contributed by atoms with E-state index >= 15 is 0 Å². The van der Waals surface area contributed by atoms with Gasteiger partial charge in [0.05, 0.1) is 28.3 Å². The number of piperidine rings is 1. The van der Waals surface area contributed by atoms with Crippen LogP contribution in [0.2, 0.25) is 0 Å². The van der Waals surface area contributed by atoms with E-state index in [1.54, 1.807) is 17.4 Å². The summed E-state index contributed by atoms with van der Waals surface area (Å²) in [5.74, 6) is -0.483. The number of carbonyl (C=O) groups excluding carboxylic acids is 1. The van der Waals surface area contributed by atoms with Gasteiger partial charge in [-0.2, -0.15) is 5.26 Å². The third-order valence-corrected chi connectivity index (χ3v) is 11.2. The lowest BCUT2D eigenvalue weighted by atomic mass is 9.70. The number of carbonyl (C=O) groups is 1. The fourth-order valence-corrected chi connectivity index (χ4v) is 8.38. The lowest BCUT2D eigenvalue weighted by Gasteiger charge is -2.49. The Balaban J connectivity index is 1.44. The number of benzene rings is 1. The Morgan fingerprint density at radius 1 is 1.17 bits per heavy atom. The molecule has 10 heteroatoms. The van der Waals surface area contributed by atoms with Gasteiger partial charge in [-0.1, -0.05) is 12.1 Å². The van der Waals surface area contributed by atoms with Gasteiger partial charge in [0, 0.05) is 25.0 Å². The van der Waals surface area contributed by atoms with Crippen molar-refractivity contribution in [1.82, 2.24) is 14.5 Å². The monoisotopic (exact) mass is 511 g/mol. The van der Waals surface area contributed by atoms with Crippen molar-refractivity contribution in [1.29, 1.82) is 10.7 Å². The van der Waals surface area contributed by atoms with Crippen LogP contribution in [-0.2, 0) is 20.4 Å². The molecule has 3 heterocycles. The number of nitriles is 1. The fraction of sp³-hybridized carbons (Fsp3) is 0.480. The first kappa shape index (κ1) is 24.0. The highest BCUT2D eigenvalue weighted by Gasteiger charge is 2.53. The topological polar surface area (TPSA) is 117 Å². The lowest BCUT2D eigenvalue weighted by molar-refractivity contribution is -0.138. The molecule has 5 rings (SSSR count). The molecule has 0 spiro atoms. The van der Waals surface area contributed by atoms with Gasteiger partial charge in [-0.15, -0.1) is 11.3 Å². The number of thiophene rings is 1. The minimum Gasteiger partial charge on any atom is -0.345 e. The van der Waals surface area contributed by atoms with Crippen LogP contribution in [0.5, 0.6) is 0 Å². The van der Waals surface area contributed by atoms with Crippen LogP contribution in [0.3, 0.4) is 0 Å². The largest absolute Gasteiger partial charge is 0.345 e. The summed E-state index contributed by atoms with van der Waals surface area (Å²) in [6.45, 7) is 2.84. The molecule has 2 aromatic rings. The first-order chi connectivity index (χ1) is 16.6. The first-order valence-electron chi connectivity index (χ1n) is 11.9. The molecule has 0 radical (unpaired) electrons. The molecule has 1 aliphatic carbocycles. The Hall–Kier alpha value is -2.74. The van der Waals surface area contributed by atoms with Gasteiger partial charge >= 0.3 is 0 Å². The van der Waals surface area contributed by atoms with Crippen LogP contribution < -0.4 is 5.32 Å². The lowest BCUT2D eigenvalue weighted by Crippen LogP contribution is -2.65. The number of nitrogens with zero attached hydrogens (tertiary/aromatic N) is 3. The molecule has 1 aromatic carbocycles. The number of amides is 1. The van der Waals surface area contributed by atoms with Gasteiger partial charge in [0.25, 0.3) is 0 Å². The molecule has 2 aliphatic heterocycles. The van der Waals surface area contributed by atoms with Crippen LogP contribution in [-0.4, -0.2) is 54.9 Å². The molecule has 1 aromatic heterocycles. The molecule has 0 unspecified atom stereocenters. The second-order valence-corrected chi connectivity index (χ2v) is 13.0. The molecule has 3 fully saturated rings. The van der Waals surface area contributed by atoms with Crippen LogP contribution in [0.4, 0.5) is 0 Å². The van der Waals surface area contributed by atoms with Crippen LogP contribution >= 0.6 is 11.3 Å². The number of rotatable bonds is 5. The fourth-order valence-electron chi connectivity index (χ4n) is 5.43. The molecule has 8 nitrogen and oxygen atoms in total. The zero-order chi connectivity index (χ0) is 25.0. The van der Waals surface area contributed by atoms with Gasteiger partial charge in [-0.05, 0) is 73.2 Å². The van der Waals surface area contributed by atoms with Crippen molar-refractivity contribution in [2.24, 2.45) is 11.8 Å². The summed E-state index contributed by atoms with van der Waals surface area (Å²) in [4.78, 5) is 15.9. The Morgan fingerprint density at radius 3 is 2.54 bits per heavy atom. The third-order valence-electron chi connectivity index (χ3n) is 7.64. The standard InChI is InChI=1S/C25H29N5O3S2/c1-25(21-13-19(15-34-21)18-5-3-4-16(12-18)14-26)22(23(31)29(2)24(27)28-25)17-8-10-30(11-9-17)35(32,33)20-6-7-20/h3-5,12-13,15,17,20,22H,6-11H2,1-2H3,(H2,27,28)/t22-,25-/m1/s1. The van der Waals surface area contributed by atoms with Gasteiger partial charge in [0.2, 0.25) is 15.9 Å². The Morgan fingerprint density at radius 2 is 1.89 bits per heavy atom. The summed E-state index contributed by atoms with van der Waals surface area (Å²) < 4.78 is 27.0. The van der Waals surface area contributed by atoms with E-state index in [1.165, 1.54) is 16.2 Å². The van der Waals surface area contributed by atoms with Crippen molar-refractivity contribution in [2.75, 3.05) is 20.1 Å². The first-order valence-corrected chi connectivity index (χ1v) is 14.3. The van der Waals surface area contributed by atoms with Crippen LogP contribution in [0.1, 0.15) is 43.0 Å². The molecule has 0 bridgehead atoms. The van der Waals surface area contributed by atoms with E-state index in [-0.39, 0.29) is 23.0 Å². The Labute approximate surface area is 210 Å².